The lowest BCUT2D eigenvalue weighted by Gasteiger charge is -2.17. The van der Waals surface area contributed by atoms with Crippen LogP contribution < -0.4 is 5.32 Å². The Morgan fingerprint density at radius 3 is 2.53 bits per heavy atom. The quantitative estimate of drug-likeness (QED) is 0.873. The van der Waals surface area contributed by atoms with Gasteiger partial charge in [-0.1, -0.05) is 25.5 Å². The lowest BCUT2D eigenvalue weighted by molar-refractivity contribution is -0.139. The SMILES string of the molecule is Cc1ccc(Br)c(C(=O)N[C@@H](CC(C)C)C(=O)O)c1. The summed E-state index contributed by atoms with van der Waals surface area (Å²) in [4.78, 5) is 23.2. The molecule has 1 amide bonds. The van der Waals surface area contributed by atoms with Crippen LogP contribution in [0.1, 0.15) is 36.2 Å². The van der Waals surface area contributed by atoms with Gasteiger partial charge in [0.05, 0.1) is 5.56 Å². The zero-order valence-corrected chi connectivity index (χ0v) is 12.8. The predicted octanol–water partition coefficient (Wildman–Crippen LogP) is 2.99. The van der Waals surface area contributed by atoms with Crippen LogP contribution in [-0.2, 0) is 4.79 Å². The van der Waals surface area contributed by atoms with Crippen LogP contribution in [0.15, 0.2) is 22.7 Å². The molecule has 5 heteroatoms. The Hall–Kier alpha value is -1.36. The normalized spacial score (nSPS) is 12.3. The summed E-state index contributed by atoms with van der Waals surface area (Å²) in [6.07, 6.45) is 0.407. The summed E-state index contributed by atoms with van der Waals surface area (Å²) < 4.78 is 0.657. The molecule has 0 heterocycles. The third-order valence-electron chi connectivity index (χ3n) is 2.68. The van der Waals surface area contributed by atoms with Crippen LogP contribution in [0, 0.1) is 12.8 Å². The zero-order chi connectivity index (χ0) is 14.6. The van der Waals surface area contributed by atoms with E-state index in [9.17, 15) is 9.59 Å². The van der Waals surface area contributed by atoms with Gasteiger partial charge in [-0.25, -0.2) is 4.79 Å². The van der Waals surface area contributed by atoms with Crippen molar-refractivity contribution in [1.29, 1.82) is 0 Å². The highest BCUT2D eigenvalue weighted by Crippen LogP contribution is 2.18. The zero-order valence-electron chi connectivity index (χ0n) is 11.2. The van der Waals surface area contributed by atoms with E-state index in [0.717, 1.165) is 5.56 Å². The molecule has 0 radical (unpaired) electrons. The Morgan fingerprint density at radius 2 is 2.00 bits per heavy atom. The van der Waals surface area contributed by atoms with Crippen molar-refractivity contribution >= 4 is 27.8 Å². The van der Waals surface area contributed by atoms with Crippen molar-refractivity contribution in [2.75, 3.05) is 0 Å². The van der Waals surface area contributed by atoms with Crippen LogP contribution >= 0.6 is 15.9 Å². The van der Waals surface area contributed by atoms with Crippen molar-refractivity contribution in [2.24, 2.45) is 5.92 Å². The number of aliphatic carboxylic acids is 1. The molecular weight excluding hydrogens is 310 g/mol. The maximum Gasteiger partial charge on any atom is 0.326 e. The minimum Gasteiger partial charge on any atom is -0.480 e. The Labute approximate surface area is 121 Å². The van der Waals surface area contributed by atoms with Crippen LogP contribution in [0.4, 0.5) is 0 Å². The first-order valence-electron chi connectivity index (χ1n) is 6.11. The first-order valence-corrected chi connectivity index (χ1v) is 6.90. The maximum absolute atomic E-state index is 12.1. The van der Waals surface area contributed by atoms with Crippen molar-refractivity contribution in [1.82, 2.24) is 5.32 Å². The smallest absolute Gasteiger partial charge is 0.326 e. The summed E-state index contributed by atoms with van der Waals surface area (Å²) in [5.74, 6) is -1.18. The van der Waals surface area contributed by atoms with E-state index < -0.39 is 12.0 Å². The number of hydrogen-bond acceptors (Lipinski definition) is 2. The lowest BCUT2D eigenvalue weighted by Crippen LogP contribution is -2.41. The molecule has 0 fully saturated rings. The summed E-state index contributed by atoms with van der Waals surface area (Å²) in [7, 11) is 0. The molecule has 1 aromatic carbocycles. The molecule has 19 heavy (non-hydrogen) atoms. The van der Waals surface area contributed by atoms with Crippen molar-refractivity contribution < 1.29 is 14.7 Å². The van der Waals surface area contributed by atoms with Crippen LogP contribution in [0.25, 0.3) is 0 Å². The molecule has 0 bridgehead atoms. The topological polar surface area (TPSA) is 66.4 Å². The molecule has 1 atom stereocenters. The molecule has 0 saturated heterocycles. The average Bonchev–Trinajstić information content (AvgIpc) is 2.30. The van der Waals surface area contributed by atoms with E-state index in [1.807, 2.05) is 26.8 Å². The fourth-order valence-corrected chi connectivity index (χ4v) is 2.17. The highest BCUT2D eigenvalue weighted by atomic mass is 79.9. The minimum atomic E-state index is -1.01. The third kappa shape index (κ3) is 4.67. The molecule has 0 spiro atoms. The van der Waals surface area contributed by atoms with Crippen LogP contribution in [0.2, 0.25) is 0 Å². The monoisotopic (exact) mass is 327 g/mol. The molecule has 0 unspecified atom stereocenters. The van der Waals surface area contributed by atoms with Gasteiger partial charge in [0.25, 0.3) is 5.91 Å². The number of carbonyl (C=O) groups is 2. The molecule has 0 aliphatic rings. The molecule has 4 nitrogen and oxygen atoms in total. The van der Waals surface area contributed by atoms with E-state index in [1.54, 1.807) is 12.1 Å². The fraction of sp³-hybridized carbons (Fsp3) is 0.429. The number of benzene rings is 1. The molecule has 2 N–H and O–H groups in total. The number of hydrogen-bond donors (Lipinski definition) is 2. The van der Waals surface area contributed by atoms with Crippen molar-refractivity contribution in [3.05, 3.63) is 33.8 Å². The molecule has 0 saturated carbocycles. The Kier molecular flexibility index (Phi) is 5.54. The van der Waals surface area contributed by atoms with Crippen LogP contribution in [-0.4, -0.2) is 23.0 Å². The number of rotatable bonds is 5. The Bertz CT molecular complexity index is 486. The highest BCUT2D eigenvalue weighted by Gasteiger charge is 2.22. The molecule has 104 valence electrons. The van der Waals surface area contributed by atoms with Gasteiger partial charge in [0.1, 0.15) is 6.04 Å². The lowest BCUT2D eigenvalue weighted by atomic mass is 10.0. The molecular formula is C14H18BrNO3. The van der Waals surface area contributed by atoms with E-state index in [-0.39, 0.29) is 11.8 Å². The maximum atomic E-state index is 12.1. The number of aryl methyl sites for hydroxylation is 1. The van der Waals surface area contributed by atoms with E-state index in [2.05, 4.69) is 21.2 Å². The van der Waals surface area contributed by atoms with E-state index in [0.29, 0.717) is 16.5 Å². The highest BCUT2D eigenvalue weighted by molar-refractivity contribution is 9.10. The van der Waals surface area contributed by atoms with Gasteiger partial charge in [-0.3, -0.25) is 4.79 Å². The molecule has 1 aromatic rings. The molecule has 0 aromatic heterocycles. The predicted molar refractivity (Wildman–Crippen MR) is 77.2 cm³/mol. The second kappa shape index (κ2) is 6.70. The van der Waals surface area contributed by atoms with Gasteiger partial charge < -0.3 is 10.4 Å². The average molecular weight is 328 g/mol. The van der Waals surface area contributed by atoms with Gasteiger partial charge in [0.2, 0.25) is 0 Å². The summed E-state index contributed by atoms with van der Waals surface area (Å²) in [6, 6.07) is 4.53. The van der Waals surface area contributed by atoms with E-state index in [1.165, 1.54) is 0 Å². The number of nitrogens with one attached hydrogen (secondary N) is 1. The molecule has 0 aliphatic carbocycles. The van der Waals surface area contributed by atoms with Crippen molar-refractivity contribution in [3.8, 4) is 0 Å². The second-order valence-corrected chi connectivity index (χ2v) is 5.83. The van der Waals surface area contributed by atoms with Gasteiger partial charge in [-0.15, -0.1) is 0 Å². The third-order valence-corrected chi connectivity index (χ3v) is 3.37. The van der Waals surface area contributed by atoms with E-state index >= 15 is 0 Å². The number of carboxylic acid groups (broad SMARTS) is 1. The second-order valence-electron chi connectivity index (χ2n) is 4.98. The number of halogens is 1. The number of amides is 1. The molecule has 1 rings (SSSR count). The van der Waals surface area contributed by atoms with Crippen molar-refractivity contribution in [3.63, 3.8) is 0 Å². The first-order chi connectivity index (χ1) is 8.81. The largest absolute Gasteiger partial charge is 0.480 e. The van der Waals surface area contributed by atoms with E-state index in [4.69, 9.17) is 5.11 Å². The van der Waals surface area contributed by atoms with Crippen LogP contribution in [0.5, 0.6) is 0 Å². The van der Waals surface area contributed by atoms with Gasteiger partial charge in [-0.2, -0.15) is 0 Å². The first kappa shape index (κ1) is 15.7. The van der Waals surface area contributed by atoms with Gasteiger partial charge in [0.15, 0.2) is 0 Å². The summed E-state index contributed by atoms with van der Waals surface area (Å²) in [6.45, 7) is 5.72. The summed E-state index contributed by atoms with van der Waals surface area (Å²) >= 11 is 3.30. The van der Waals surface area contributed by atoms with Crippen molar-refractivity contribution in [2.45, 2.75) is 33.2 Å². The van der Waals surface area contributed by atoms with Gasteiger partial charge in [-0.05, 0) is 47.3 Å². The standard InChI is InChI=1S/C14H18BrNO3/c1-8(2)6-12(14(18)19)16-13(17)10-7-9(3)4-5-11(10)15/h4-5,7-8,12H,6H2,1-3H3,(H,16,17)(H,18,19)/t12-/m0/s1. The number of carboxylic acids is 1. The van der Waals surface area contributed by atoms with Gasteiger partial charge >= 0.3 is 5.97 Å². The summed E-state index contributed by atoms with van der Waals surface area (Å²) in [5, 5.41) is 11.7. The fourth-order valence-electron chi connectivity index (χ4n) is 1.74. The summed E-state index contributed by atoms with van der Waals surface area (Å²) in [5.41, 5.74) is 1.40. The Balaban J connectivity index is 2.87. The number of carbonyl (C=O) groups excluding carboxylic acids is 1. The Morgan fingerprint density at radius 1 is 1.37 bits per heavy atom. The molecule has 0 aliphatic heterocycles. The van der Waals surface area contributed by atoms with Crippen LogP contribution in [0.3, 0.4) is 0 Å². The minimum absolute atomic E-state index is 0.197. The van der Waals surface area contributed by atoms with Gasteiger partial charge in [0, 0.05) is 4.47 Å².